The van der Waals surface area contributed by atoms with Gasteiger partial charge in [-0.05, 0) is 66.1 Å². The molecule has 140 valence electrons. The number of fused-ring (bicyclic) bond motifs is 1. The smallest absolute Gasteiger partial charge is 0.161 e. The average molecular weight is 371 g/mol. The Morgan fingerprint density at radius 3 is 2.29 bits per heavy atom. The van der Waals surface area contributed by atoms with Crippen LogP contribution in [-0.4, -0.2) is 24.3 Å². The van der Waals surface area contributed by atoms with Gasteiger partial charge in [0, 0.05) is 10.9 Å². The van der Waals surface area contributed by atoms with Gasteiger partial charge >= 0.3 is 0 Å². The van der Waals surface area contributed by atoms with Crippen LogP contribution in [0.4, 0.5) is 0 Å². The van der Waals surface area contributed by atoms with Crippen LogP contribution in [0, 0.1) is 6.92 Å². The van der Waals surface area contributed by atoms with E-state index in [1.165, 1.54) is 0 Å². The van der Waals surface area contributed by atoms with E-state index in [2.05, 4.69) is 12.1 Å². The highest BCUT2D eigenvalue weighted by atomic mass is 16.5. The minimum atomic E-state index is 0.294. The molecule has 0 spiro atoms. The number of aryl methyl sites for hydroxylation is 1. The first-order chi connectivity index (χ1) is 13.6. The molecule has 4 nitrogen and oxygen atoms in total. The minimum Gasteiger partial charge on any atom is -0.508 e. The molecule has 0 fully saturated rings. The molecule has 1 aromatic heterocycles. The van der Waals surface area contributed by atoms with Crippen molar-refractivity contribution in [3.8, 4) is 39.6 Å². The maximum absolute atomic E-state index is 9.91. The van der Waals surface area contributed by atoms with Crippen molar-refractivity contribution in [1.29, 1.82) is 0 Å². The lowest BCUT2D eigenvalue weighted by atomic mass is 9.97. The van der Waals surface area contributed by atoms with Crippen LogP contribution in [0.25, 0.3) is 33.3 Å². The second-order valence-corrected chi connectivity index (χ2v) is 6.64. The van der Waals surface area contributed by atoms with Crippen LogP contribution < -0.4 is 9.47 Å². The lowest BCUT2D eigenvalue weighted by Crippen LogP contribution is -1.93. The average Bonchev–Trinajstić information content (AvgIpc) is 2.74. The van der Waals surface area contributed by atoms with E-state index in [1.54, 1.807) is 20.3 Å². The quantitative estimate of drug-likeness (QED) is 0.507. The van der Waals surface area contributed by atoms with Crippen LogP contribution in [-0.2, 0) is 0 Å². The molecule has 0 aliphatic heterocycles. The summed E-state index contributed by atoms with van der Waals surface area (Å²) in [5.41, 5.74) is 5.65. The van der Waals surface area contributed by atoms with E-state index < -0.39 is 0 Å². The Morgan fingerprint density at radius 2 is 1.54 bits per heavy atom. The van der Waals surface area contributed by atoms with Gasteiger partial charge in [0.15, 0.2) is 11.5 Å². The molecule has 0 bridgehead atoms. The molecule has 4 heteroatoms. The largest absolute Gasteiger partial charge is 0.508 e. The molecule has 0 atom stereocenters. The Morgan fingerprint density at radius 1 is 0.786 bits per heavy atom. The zero-order chi connectivity index (χ0) is 19.7. The van der Waals surface area contributed by atoms with Gasteiger partial charge in [0.2, 0.25) is 0 Å². The number of rotatable bonds is 4. The predicted octanol–water partition coefficient (Wildman–Crippen LogP) is 5.60. The Bertz CT molecular complexity index is 1170. The van der Waals surface area contributed by atoms with Crippen LogP contribution in [0.3, 0.4) is 0 Å². The summed E-state index contributed by atoms with van der Waals surface area (Å²) in [7, 11) is 3.25. The van der Waals surface area contributed by atoms with Crippen molar-refractivity contribution in [2.75, 3.05) is 14.2 Å². The molecule has 3 aromatic carbocycles. The third-order valence-electron chi connectivity index (χ3n) is 4.90. The van der Waals surface area contributed by atoms with Crippen molar-refractivity contribution in [1.82, 2.24) is 4.98 Å². The SMILES string of the molecule is COc1ccc(-c2cc(-c3ccc(O)c(C)c3)c3ccccc3n2)cc1OC. The Labute approximate surface area is 164 Å². The number of aromatic hydroxyl groups is 1. The zero-order valence-electron chi connectivity index (χ0n) is 16.1. The minimum absolute atomic E-state index is 0.294. The van der Waals surface area contributed by atoms with Gasteiger partial charge in [-0.2, -0.15) is 0 Å². The lowest BCUT2D eigenvalue weighted by Gasteiger charge is -2.13. The van der Waals surface area contributed by atoms with Crippen molar-refractivity contribution in [3.05, 3.63) is 72.3 Å². The molecule has 4 rings (SSSR count). The fourth-order valence-electron chi connectivity index (χ4n) is 3.38. The Hall–Kier alpha value is -3.53. The van der Waals surface area contributed by atoms with Gasteiger partial charge in [-0.3, -0.25) is 0 Å². The molecular weight excluding hydrogens is 350 g/mol. The second kappa shape index (κ2) is 7.24. The van der Waals surface area contributed by atoms with E-state index in [0.717, 1.165) is 38.9 Å². The predicted molar refractivity (Wildman–Crippen MR) is 112 cm³/mol. The second-order valence-electron chi connectivity index (χ2n) is 6.64. The first kappa shape index (κ1) is 17.9. The van der Waals surface area contributed by atoms with Crippen LogP contribution >= 0.6 is 0 Å². The van der Waals surface area contributed by atoms with Crippen molar-refractivity contribution in [2.24, 2.45) is 0 Å². The van der Waals surface area contributed by atoms with Crippen molar-refractivity contribution in [3.63, 3.8) is 0 Å². The number of phenols is 1. The summed E-state index contributed by atoms with van der Waals surface area (Å²) < 4.78 is 10.8. The molecule has 0 saturated heterocycles. The van der Waals surface area contributed by atoms with Crippen LogP contribution in [0.1, 0.15) is 5.56 Å². The number of nitrogens with zero attached hydrogens (tertiary/aromatic N) is 1. The summed E-state index contributed by atoms with van der Waals surface area (Å²) >= 11 is 0. The van der Waals surface area contributed by atoms with Crippen molar-refractivity contribution >= 4 is 10.9 Å². The monoisotopic (exact) mass is 371 g/mol. The number of pyridine rings is 1. The third-order valence-corrected chi connectivity index (χ3v) is 4.90. The molecule has 0 aliphatic carbocycles. The number of para-hydroxylation sites is 1. The topological polar surface area (TPSA) is 51.6 Å². The summed E-state index contributed by atoms with van der Waals surface area (Å²) in [5.74, 6) is 1.64. The van der Waals surface area contributed by atoms with E-state index in [1.807, 2.05) is 55.5 Å². The standard InChI is InChI=1S/C24H21NO3/c1-15-12-16(8-10-22(15)26)19-14-21(25-20-7-5-4-6-18(19)20)17-9-11-23(27-2)24(13-17)28-3/h4-14,26H,1-3H3. The molecule has 0 amide bonds. The summed E-state index contributed by atoms with van der Waals surface area (Å²) in [6.45, 7) is 1.90. The summed E-state index contributed by atoms with van der Waals surface area (Å²) in [4.78, 5) is 4.86. The summed E-state index contributed by atoms with van der Waals surface area (Å²) in [5, 5.41) is 11.0. The summed E-state index contributed by atoms with van der Waals surface area (Å²) in [6.07, 6.45) is 0. The maximum atomic E-state index is 9.91. The number of ether oxygens (including phenoxy) is 2. The van der Waals surface area contributed by atoms with Crippen LogP contribution in [0.15, 0.2) is 66.7 Å². The normalized spacial score (nSPS) is 10.8. The van der Waals surface area contributed by atoms with Gasteiger partial charge in [-0.25, -0.2) is 4.98 Å². The Kier molecular flexibility index (Phi) is 4.62. The van der Waals surface area contributed by atoms with Crippen molar-refractivity contribution in [2.45, 2.75) is 6.92 Å². The Balaban J connectivity index is 1.95. The molecule has 1 heterocycles. The number of aromatic nitrogens is 1. The van der Waals surface area contributed by atoms with Crippen LogP contribution in [0.5, 0.6) is 17.2 Å². The molecule has 1 N–H and O–H groups in total. The summed E-state index contributed by atoms with van der Waals surface area (Å²) in [6, 6.07) is 21.6. The van der Waals surface area contributed by atoms with Gasteiger partial charge < -0.3 is 14.6 Å². The molecule has 0 radical (unpaired) electrons. The molecule has 0 saturated carbocycles. The highest BCUT2D eigenvalue weighted by molar-refractivity contribution is 5.97. The van der Waals surface area contributed by atoms with Gasteiger partial charge in [-0.1, -0.05) is 24.3 Å². The lowest BCUT2D eigenvalue weighted by molar-refractivity contribution is 0.355. The van der Waals surface area contributed by atoms with Crippen LogP contribution in [0.2, 0.25) is 0 Å². The van der Waals surface area contributed by atoms with Gasteiger partial charge in [-0.15, -0.1) is 0 Å². The highest BCUT2D eigenvalue weighted by Gasteiger charge is 2.12. The van der Waals surface area contributed by atoms with E-state index in [4.69, 9.17) is 14.5 Å². The fourth-order valence-corrected chi connectivity index (χ4v) is 3.38. The zero-order valence-corrected chi connectivity index (χ0v) is 16.1. The van der Waals surface area contributed by atoms with E-state index in [-0.39, 0.29) is 0 Å². The first-order valence-electron chi connectivity index (χ1n) is 9.03. The molecule has 0 unspecified atom stereocenters. The van der Waals surface area contributed by atoms with Gasteiger partial charge in [0.05, 0.1) is 25.4 Å². The van der Waals surface area contributed by atoms with Gasteiger partial charge in [0.1, 0.15) is 5.75 Å². The first-order valence-corrected chi connectivity index (χ1v) is 9.03. The molecule has 0 aliphatic rings. The number of hydrogen-bond acceptors (Lipinski definition) is 4. The third kappa shape index (κ3) is 3.14. The maximum Gasteiger partial charge on any atom is 0.161 e. The number of methoxy groups -OCH3 is 2. The highest BCUT2D eigenvalue weighted by Crippen LogP contribution is 2.36. The van der Waals surface area contributed by atoms with Crippen molar-refractivity contribution < 1.29 is 14.6 Å². The number of phenolic OH excluding ortho intramolecular Hbond substituents is 1. The number of benzene rings is 3. The molecule has 28 heavy (non-hydrogen) atoms. The van der Waals surface area contributed by atoms with Gasteiger partial charge in [0.25, 0.3) is 0 Å². The van der Waals surface area contributed by atoms with E-state index >= 15 is 0 Å². The molecule has 4 aromatic rings. The number of hydrogen-bond donors (Lipinski definition) is 1. The van der Waals surface area contributed by atoms with E-state index in [9.17, 15) is 5.11 Å². The van der Waals surface area contributed by atoms with E-state index in [0.29, 0.717) is 17.2 Å². The fraction of sp³-hybridized carbons (Fsp3) is 0.125. The molecular formula is C24H21NO3.